The van der Waals surface area contributed by atoms with Crippen LogP contribution in [-0.4, -0.2) is 17.0 Å². The van der Waals surface area contributed by atoms with Crippen LogP contribution in [0.2, 0.25) is 0 Å². The number of hydrogen-bond acceptors (Lipinski definition) is 3. The Bertz CT molecular complexity index is 295. The van der Waals surface area contributed by atoms with Crippen molar-refractivity contribution >= 4 is 5.78 Å². The number of hydrogen-bond donors (Lipinski definition) is 2. The van der Waals surface area contributed by atoms with E-state index in [0.29, 0.717) is 5.56 Å². The van der Waals surface area contributed by atoms with Gasteiger partial charge >= 0.3 is 0 Å². The number of nitrogens with one attached hydrogen (secondary N) is 1. The molecule has 1 atom stereocenters. The van der Waals surface area contributed by atoms with Crippen molar-refractivity contribution in [2.75, 3.05) is 0 Å². The third-order valence-electron chi connectivity index (χ3n) is 2.15. The van der Waals surface area contributed by atoms with E-state index in [9.17, 15) is 4.79 Å². The monoisotopic (exact) mass is 193 g/mol. The summed E-state index contributed by atoms with van der Waals surface area (Å²) in [7, 11) is 0. The molecule has 14 heavy (non-hydrogen) atoms. The van der Waals surface area contributed by atoms with Gasteiger partial charge in [0.15, 0.2) is 5.78 Å². The maximum Gasteiger partial charge on any atom is 0.182 e. The van der Waals surface area contributed by atoms with Gasteiger partial charge in [0.2, 0.25) is 0 Å². The molecule has 0 aliphatic heterocycles. The summed E-state index contributed by atoms with van der Waals surface area (Å²) in [6, 6.07) is 8.43. The number of rotatable bonds is 4. The van der Waals surface area contributed by atoms with E-state index >= 15 is 0 Å². The smallest absolute Gasteiger partial charge is 0.182 e. The van der Waals surface area contributed by atoms with Gasteiger partial charge in [0.05, 0.1) is 6.04 Å². The molecule has 0 unspecified atom stereocenters. The van der Waals surface area contributed by atoms with Crippen molar-refractivity contribution in [1.29, 1.82) is 0 Å². The molecule has 0 heterocycles. The molecule has 0 spiro atoms. The van der Waals surface area contributed by atoms with Crippen LogP contribution in [0.5, 0.6) is 0 Å². The van der Waals surface area contributed by atoms with Crippen LogP contribution in [0, 0.1) is 5.92 Å². The lowest BCUT2D eigenvalue weighted by atomic mass is 9.96. The topological polar surface area (TPSA) is 49.3 Å². The first kappa shape index (κ1) is 10.9. The molecule has 0 bridgehead atoms. The van der Waals surface area contributed by atoms with Crippen LogP contribution in [0.1, 0.15) is 24.2 Å². The molecule has 0 saturated carbocycles. The molecule has 0 fully saturated rings. The van der Waals surface area contributed by atoms with Gasteiger partial charge in [-0.3, -0.25) is 4.79 Å². The van der Waals surface area contributed by atoms with E-state index in [1.807, 2.05) is 32.0 Å². The normalized spacial score (nSPS) is 12.9. The number of carbonyl (C=O) groups excluding carboxylic acids is 1. The number of ketones is 1. The molecule has 0 aliphatic rings. The average Bonchev–Trinajstić information content (AvgIpc) is 2.19. The molecule has 2 N–H and O–H groups in total. The summed E-state index contributed by atoms with van der Waals surface area (Å²) >= 11 is 0. The van der Waals surface area contributed by atoms with Crippen molar-refractivity contribution < 1.29 is 10.0 Å². The van der Waals surface area contributed by atoms with Gasteiger partial charge in [0.25, 0.3) is 0 Å². The Morgan fingerprint density at radius 1 is 1.29 bits per heavy atom. The quantitative estimate of drug-likeness (QED) is 0.567. The predicted octanol–water partition coefficient (Wildman–Crippen LogP) is 1.87. The third kappa shape index (κ3) is 2.40. The first-order valence-corrected chi connectivity index (χ1v) is 4.65. The molecule has 76 valence electrons. The van der Waals surface area contributed by atoms with Crippen LogP contribution in [0.3, 0.4) is 0 Å². The second kappa shape index (κ2) is 4.88. The highest BCUT2D eigenvalue weighted by molar-refractivity contribution is 6.00. The van der Waals surface area contributed by atoms with Gasteiger partial charge in [0, 0.05) is 5.56 Å². The molecule has 0 aromatic heterocycles. The average molecular weight is 193 g/mol. The SMILES string of the molecule is CC(C)[C@H](NO)C(=O)c1ccccc1. The summed E-state index contributed by atoms with van der Waals surface area (Å²) in [6.45, 7) is 3.77. The maximum atomic E-state index is 11.8. The van der Waals surface area contributed by atoms with Crippen LogP contribution in [0.25, 0.3) is 0 Å². The Morgan fingerprint density at radius 3 is 2.29 bits per heavy atom. The van der Waals surface area contributed by atoms with E-state index in [4.69, 9.17) is 5.21 Å². The van der Waals surface area contributed by atoms with Crippen LogP contribution < -0.4 is 5.48 Å². The second-order valence-electron chi connectivity index (χ2n) is 3.58. The lowest BCUT2D eigenvalue weighted by Crippen LogP contribution is -2.39. The Hall–Kier alpha value is -1.19. The number of carbonyl (C=O) groups is 1. The molecule has 0 radical (unpaired) electrons. The predicted molar refractivity (Wildman–Crippen MR) is 54.3 cm³/mol. The summed E-state index contributed by atoms with van der Waals surface area (Å²) < 4.78 is 0. The Balaban J connectivity index is 2.84. The van der Waals surface area contributed by atoms with Crippen LogP contribution >= 0.6 is 0 Å². The zero-order valence-corrected chi connectivity index (χ0v) is 8.40. The summed E-state index contributed by atoms with van der Waals surface area (Å²) in [5.41, 5.74) is 2.67. The molecule has 3 nitrogen and oxygen atoms in total. The third-order valence-corrected chi connectivity index (χ3v) is 2.15. The van der Waals surface area contributed by atoms with Gasteiger partial charge in [-0.15, -0.1) is 0 Å². The van der Waals surface area contributed by atoms with Gasteiger partial charge in [-0.1, -0.05) is 44.2 Å². The second-order valence-corrected chi connectivity index (χ2v) is 3.58. The minimum absolute atomic E-state index is 0.0627. The molecule has 1 aromatic rings. The molecule has 3 heteroatoms. The van der Waals surface area contributed by atoms with Crippen molar-refractivity contribution in [3.05, 3.63) is 35.9 Å². The lowest BCUT2D eigenvalue weighted by Gasteiger charge is -2.17. The fraction of sp³-hybridized carbons (Fsp3) is 0.364. The van der Waals surface area contributed by atoms with E-state index in [1.54, 1.807) is 12.1 Å². The Kier molecular flexibility index (Phi) is 3.80. The van der Waals surface area contributed by atoms with Crippen molar-refractivity contribution in [1.82, 2.24) is 5.48 Å². The van der Waals surface area contributed by atoms with Gasteiger partial charge < -0.3 is 5.21 Å². The highest BCUT2D eigenvalue weighted by atomic mass is 16.5. The summed E-state index contributed by atoms with van der Waals surface area (Å²) in [6.07, 6.45) is 0. The van der Waals surface area contributed by atoms with Gasteiger partial charge in [-0.05, 0) is 5.92 Å². The number of benzene rings is 1. The number of hydroxylamine groups is 1. The van der Waals surface area contributed by atoms with Gasteiger partial charge in [0.1, 0.15) is 0 Å². The van der Waals surface area contributed by atoms with E-state index in [2.05, 4.69) is 5.48 Å². The van der Waals surface area contributed by atoms with Crippen molar-refractivity contribution in [3.8, 4) is 0 Å². The largest absolute Gasteiger partial charge is 0.316 e. The van der Waals surface area contributed by atoms with E-state index in [-0.39, 0.29) is 11.7 Å². The fourth-order valence-corrected chi connectivity index (χ4v) is 1.29. The molecule has 0 aliphatic carbocycles. The molecule has 1 aromatic carbocycles. The Morgan fingerprint density at radius 2 is 1.86 bits per heavy atom. The molecule has 0 saturated heterocycles. The van der Waals surface area contributed by atoms with Crippen molar-refractivity contribution in [3.63, 3.8) is 0 Å². The van der Waals surface area contributed by atoms with E-state index in [0.717, 1.165) is 0 Å². The standard InChI is InChI=1S/C11H15NO2/c1-8(2)10(12-14)11(13)9-6-4-3-5-7-9/h3-8,10,12,14H,1-2H3/t10-/m0/s1. The summed E-state index contributed by atoms with van der Waals surface area (Å²) in [4.78, 5) is 11.8. The summed E-state index contributed by atoms with van der Waals surface area (Å²) in [5, 5.41) is 8.86. The van der Waals surface area contributed by atoms with Crippen LogP contribution in [0.4, 0.5) is 0 Å². The molecule has 1 rings (SSSR count). The van der Waals surface area contributed by atoms with Crippen LogP contribution in [0.15, 0.2) is 30.3 Å². The van der Waals surface area contributed by atoms with Gasteiger partial charge in [-0.25, -0.2) is 0 Å². The Labute approximate surface area is 83.7 Å². The lowest BCUT2D eigenvalue weighted by molar-refractivity contribution is 0.0685. The van der Waals surface area contributed by atoms with E-state index in [1.165, 1.54) is 0 Å². The van der Waals surface area contributed by atoms with Crippen molar-refractivity contribution in [2.24, 2.45) is 5.92 Å². The van der Waals surface area contributed by atoms with Crippen LogP contribution in [-0.2, 0) is 0 Å². The summed E-state index contributed by atoms with van der Waals surface area (Å²) in [5.74, 6) is -0.0178. The molecular weight excluding hydrogens is 178 g/mol. The van der Waals surface area contributed by atoms with E-state index < -0.39 is 6.04 Å². The van der Waals surface area contributed by atoms with Gasteiger partial charge in [-0.2, -0.15) is 5.48 Å². The first-order valence-electron chi connectivity index (χ1n) is 4.65. The highest BCUT2D eigenvalue weighted by Gasteiger charge is 2.21. The highest BCUT2D eigenvalue weighted by Crippen LogP contribution is 2.09. The zero-order valence-electron chi connectivity index (χ0n) is 8.40. The minimum Gasteiger partial charge on any atom is -0.316 e. The maximum absolute atomic E-state index is 11.8. The zero-order chi connectivity index (χ0) is 10.6. The number of Topliss-reactive ketones (excluding diaryl/α,β-unsaturated/α-hetero) is 1. The van der Waals surface area contributed by atoms with Crippen molar-refractivity contribution in [2.45, 2.75) is 19.9 Å². The fourth-order valence-electron chi connectivity index (χ4n) is 1.29. The molecule has 0 amide bonds. The minimum atomic E-state index is -0.530. The first-order chi connectivity index (χ1) is 6.66. The molecular formula is C11H15NO2.